The molecule has 6 saturated heterocycles. The first-order chi connectivity index (χ1) is 50.4. The predicted molar refractivity (Wildman–Crippen MR) is 408 cm³/mol. The molecule has 6 fully saturated rings. The fourth-order valence-electron chi connectivity index (χ4n) is 20.0. The Bertz CT molecular complexity index is 4760. The van der Waals surface area contributed by atoms with Gasteiger partial charge < -0.3 is 28.1 Å². The van der Waals surface area contributed by atoms with Gasteiger partial charge in [-0.3, -0.25) is 39.2 Å². The van der Waals surface area contributed by atoms with Crippen molar-refractivity contribution >= 4 is 55.9 Å². The summed E-state index contributed by atoms with van der Waals surface area (Å²) in [5.74, 6) is 0.529. The van der Waals surface area contributed by atoms with Crippen molar-refractivity contribution in [1.82, 2.24) is 77.6 Å². The average Bonchev–Trinajstić information content (AvgIpc) is 1.59. The van der Waals surface area contributed by atoms with E-state index in [9.17, 15) is 9.59 Å². The second-order valence-corrected chi connectivity index (χ2v) is 31.8. The van der Waals surface area contributed by atoms with Crippen molar-refractivity contribution in [3.8, 4) is 0 Å². The molecular formula is C85H106N16O2. The van der Waals surface area contributed by atoms with Gasteiger partial charge in [-0.15, -0.1) is 0 Å². The minimum atomic E-state index is 0.264. The minimum absolute atomic E-state index is 0.264. The van der Waals surface area contributed by atoms with Crippen LogP contribution < -0.4 is 0 Å². The van der Waals surface area contributed by atoms with Gasteiger partial charge in [0.1, 0.15) is 35.7 Å². The molecule has 18 heteroatoms. The first kappa shape index (κ1) is 68.0. The van der Waals surface area contributed by atoms with Crippen molar-refractivity contribution in [2.24, 2.45) is 0 Å². The number of hydrogen-bond acceptors (Lipinski definition) is 12. The predicted octanol–water partition coefficient (Wildman–Crippen LogP) is 13.6. The lowest BCUT2D eigenvalue weighted by molar-refractivity contribution is -0.133. The SMILES string of the molecule is Cc1ccc(CCn2c3c(c4cccnc42)C2CCCN2CC3)cn1.Cc1cnc2c(c1)c1c(n2CC(=O)N2CCCCC2)CC2CCCN2C1.Cc1cnc2c(c1)c1c(n2CC(=O)N2CCCCC2)CCN2CCCC12.Cc1cnc2c(c1)c1c(n2CCc2ccc(C)nc2)CCN2CCCC12. The molecule has 4 atom stereocenters. The summed E-state index contributed by atoms with van der Waals surface area (Å²) in [6.07, 6.45) is 35.7. The highest BCUT2D eigenvalue weighted by atomic mass is 16.2. The van der Waals surface area contributed by atoms with Crippen LogP contribution in [0.25, 0.3) is 44.1 Å². The van der Waals surface area contributed by atoms with Crippen LogP contribution in [0.3, 0.4) is 0 Å². The molecule has 0 aliphatic carbocycles. The van der Waals surface area contributed by atoms with Gasteiger partial charge in [-0.2, -0.15) is 0 Å². The monoisotopic (exact) mass is 1380 g/mol. The van der Waals surface area contributed by atoms with Crippen molar-refractivity contribution in [3.05, 3.63) is 176 Å². The van der Waals surface area contributed by atoms with Gasteiger partial charge in [0.25, 0.3) is 0 Å². The number of amides is 2. The maximum absolute atomic E-state index is 13.0. The van der Waals surface area contributed by atoms with E-state index in [0.717, 1.165) is 139 Å². The number of likely N-dealkylation sites (tertiary alicyclic amines) is 2. The molecule has 538 valence electrons. The Morgan fingerprint density at radius 2 is 0.825 bits per heavy atom. The van der Waals surface area contributed by atoms with Gasteiger partial charge in [-0.1, -0.05) is 12.1 Å². The number of fused-ring (bicyclic) bond motifs is 19. The van der Waals surface area contributed by atoms with Crippen LogP contribution in [-0.2, 0) is 80.8 Å². The van der Waals surface area contributed by atoms with E-state index in [2.05, 4.69) is 133 Å². The van der Waals surface area contributed by atoms with Gasteiger partial charge in [0.2, 0.25) is 11.8 Å². The summed E-state index contributed by atoms with van der Waals surface area (Å²) in [5.41, 5.74) is 24.6. The first-order valence-electron chi connectivity index (χ1n) is 39.7. The Labute approximate surface area is 607 Å². The van der Waals surface area contributed by atoms with E-state index in [0.29, 0.717) is 37.3 Å². The highest BCUT2D eigenvalue weighted by molar-refractivity contribution is 5.88. The molecule has 10 aliphatic rings. The van der Waals surface area contributed by atoms with E-state index in [-0.39, 0.29) is 11.8 Å². The summed E-state index contributed by atoms with van der Waals surface area (Å²) in [4.78, 5) is 68.7. The fourth-order valence-corrected chi connectivity index (χ4v) is 20.0. The number of carbonyl (C=O) groups is 2. The zero-order valence-corrected chi connectivity index (χ0v) is 61.9. The number of aromatic nitrogens is 10. The number of rotatable bonds is 10. The van der Waals surface area contributed by atoms with E-state index < -0.39 is 0 Å². The van der Waals surface area contributed by atoms with Crippen LogP contribution >= 0.6 is 0 Å². The van der Waals surface area contributed by atoms with E-state index in [4.69, 9.17) is 19.9 Å². The minimum Gasteiger partial charge on any atom is -0.341 e. The summed E-state index contributed by atoms with van der Waals surface area (Å²) in [7, 11) is 0. The lowest BCUT2D eigenvalue weighted by Crippen LogP contribution is -2.39. The second-order valence-electron chi connectivity index (χ2n) is 31.8. The fraction of sp³-hybridized carbons (Fsp3) is 0.529. The van der Waals surface area contributed by atoms with Crippen molar-refractivity contribution < 1.29 is 9.59 Å². The third-order valence-corrected chi connectivity index (χ3v) is 25.1. The van der Waals surface area contributed by atoms with Crippen LogP contribution in [0.1, 0.15) is 192 Å². The number of aryl methyl sites for hydroxylation is 9. The maximum atomic E-state index is 13.0. The molecule has 4 unspecified atom stereocenters. The lowest BCUT2D eigenvalue weighted by atomic mass is 9.96. The molecule has 10 aliphatic heterocycles. The van der Waals surface area contributed by atoms with Crippen LogP contribution in [0.2, 0.25) is 0 Å². The van der Waals surface area contributed by atoms with Gasteiger partial charge in [0.15, 0.2) is 0 Å². The molecule has 0 N–H and O–H groups in total. The Hall–Kier alpha value is -8.16. The van der Waals surface area contributed by atoms with E-state index >= 15 is 0 Å². The molecule has 20 rings (SSSR count). The van der Waals surface area contributed by atoms with Crippen LogP contribution in [-0.4, -0.2) is 167 Å². The molecule has 0 radical (unpaired) electrons. The Kier molecular flexibility index (Phi) is 19.4. The summed E-state index contributed by atoms with van der Waals surface area (Å²) in [6.45, 7) is 26.5. The summed E-state index contributed by atoms with van der Waals surface area (Å²) in [5, 5.41) is 5.30. The molecule has 10 aromatic heterocycles. The topological polar surface area (TPSA) is 151 Å². The van der Waals surface area contributed by atoms with Crippen LogP contribution in [0.5, 0.6) is 0 Å². The van der Waals surface area contributed by atoms with Gasteiger partial charge in [-0.25, -0.2) is 19.9 Å². The van der Waals surface area contributed by atoms with Crippen molar-refractivity contribution in [2.75, 3.05) is 72.0 Å². The highest BCUT2D eigenvalue weighted by Gasteiger charge is 2.40. The van der Waals surface area contributed by atoms with Crippen LogP contribution in [0, 0.1) is 34.6 Å². The van der Waals surface area contributed by atoms with E-state index in [1.165, 1.54) is 198 Å². The lowest BCUT2D eigenvalue weighted by Gasteiger charge is -2.31. The van der Waals surface area contributed by atoms with E-state index in [1.54, 1.807) is 11.1 Å². The number of piperidine rings is 2. The quantitative estimate of drug-likeness (QED) is 0.128. The number of nitrogens with zero attached hydrogens (tertiary/aromatic N) is 16. The average molecular weight is 1380 g/mol. The molecule has 0 bridgehead atoms. The van der Waals surface area contributed by atoms with Gasteiger partial charge >= 0.3 is 0 Å². The van der Waals surface area contributed by atoms with Crippen molar-refractivity contribution in [1.29, 1.82) is 0 Å². The standard InChI is InChI=1S/C22H26N4.2C21H28N4O.C21H24N4/c1-15-12-18-21-19-4-3-9-25(19)10-8-20(21)26(22(18)24-13-15)11-7-17-6-5-16(2)23-14-17;1-15-12-16-20-17-6-5-10-23(17)11-7-18(20)25(21(16)22-13-15)14-19(26)24-8-3-2-4-9-24;1-15-10-17-18-13-24-9-5-6-16(24)11-19(18)25(21(17)22-12-15)14-20(26)23-7-3-2-4-8-23;1-15-6-7-16(14-23-15)8-13-25-19-9-12-24-11-3-5-18(24)20(19)17-4-2-10-22-21(17)25/h5-6,12-14,19H,3-4,7-11H2,1-2H3;12-13,17H,2-11,14H2,1H3;10,12,16H,2-9,11,13-14H2,1H3;2,4,6-7,10,14,18H,3,5,8-9,11-13H2,1H3. The molecule has 20 heterocycles. The number of hydrogen-bond donors (Lipinski definition) is 0. The molecule has 0 aromatic carbocycles. The van der Waals surface area contributed by atoms with Crippen LogP contribution in [0.4, 0.5) is 0 Å². The van der Waals surface area contributed by atoms with Gasteiger partial charge in [0, 0.05) is 208 Å². The van der Waals surface area contributed by atoms with Crippen molar-refractivity contribution in [3.63, 3.8) is 0 Å². The zero-order chi connectivity index (χ0) is 69.8. The number of pyridine rings is 6. The molecule has 0 spiro atoms. The Balaban J connectivity index is 0.000000102. The van der Waals surface area contributed by atoms with E-state index in [1.807, 2.05) is 51.0 Å². The smallest absolute Gasteiger partial charge is 0.242 e. The third-order valence-electron chi connectivity index (χ3n) is 25.1. The molecule has 2 amide bonds. The normalized spacial score (nSPS) is 21.6. The largest absolute Gasteiger partial charge is 0.341 e. The van der Waals surface area contributed by atoms with Gasteiger partial charge in [0.05, 0.1) is 0 Å². The summed E-state index contributed by atoms with van der Waals surface area (Å²) < 4.78 is 9.48. The van der Waals surface area contributed by atoms with Crippen LogP contribution in [0.15, 0.2) is 91.8 Å². The second kappa shape index (κ2) is 29.4. The molecule has 18 nitrogen and oxygen atoms in total. The summed E-state index contributed by atoms with van der Waals surface area (Å²) >= 11 is 0. The molecule has 103 heavy (non-hydrogen) atoms. The zero-order valence-electron chi connectivity index (χ0n) is 61.9. The highest BCUT2D eigenvalue weighted by Crippen LogP contribution is 2.46. The molecule has 0 saturated carbocycles. The van der Waals surface area contributed by atoms with Crippen molar-refractivity contribution in [2.45, 2.75) is 220 Å². The maximum Gasteiger partial charge on any atom is 0.242 e. The molecular weight excluding hydrogens is 1280 g/mol. The Morgan fingerprint density at radius 3 is 1.32 bits per heavy atom. The summed E-state index contributed by atoms with van der Waals surface area (Å²) in [6, 6.07) is 22.3. The van der Waals surface area contributed by atoms with Gasteiger partial charge in [-0.05, 0) is 256 Å². The third kappa shape index (κ3) is 13.4. The first-order valence-corrected chi connectivity index (χ1v) is 39.7. The Morgan fingerprint density at radius 1 is 0.398 bits per heavy atom. The number of carbonyl (C=O) groups excluding carboxylic acids is 2. The molecule has 10 aromatic rings.